The van der Waals surface area contributed by atoms with Gasteiger partial charge in [-0.15, -0.1) is 0 Å². The highest BCUT2D eigenvalue weighted by molar-refractivity contribution is 5.74. The molecular weight excluding hydrogens is 142 g/mol. The van der Waals surface area contributed by atoms with Crippen molar-refractivity contribution in [1.82, 2.24) is 4.90 Å². The van der Waals surface area contributed by atoms with Crippen molar-refractivity contribution in [3.05, 3.63) is 0 Å². The fourth-order valence-corrected chi connectivity index (χ4v) is 1.64. The molecule has 1 heterocycles. The lowest BCUT2D eigenvalue weighted by Crippen LogP contribution is -2.59. The highest BCUT2D eigenvalue weighted by Gasteiger charge is 2.38. The van der Waals surface area contributed by atoms with Crippen molar-refractivity contribution in [1.29, 1.82) is 0 Å². The molecule has 3 heteroatoms. The Morgan fingerprint density at radius 2 is 2.36 bits per heavy atom. The van der Waals surface area contributed by atoms with Gasteiger partial charge in [0.25, 0.3) is 0 Å². The highest BCUT2D eigenvalue weighted by Crippen LogP contribution is 2.26. The summed E-state index contributed by atoms with van der Waals surface area (Å²) in [6, 6.07) is 0.0949. The Kier molecular flexibility index (Phi) is 2.49. The maximum Gasteiger partial charge on any atom is 0.219 e. The van der Waals surface area contributed by atoms with Gasteiger partial charge in [-0.3, -0.25) is 4.79 Å². The molecule has 0 aromatic heterocycles. The van der Waals surface area contributed by atoms with Crippen LogP contribution in [0, 0.1) is 5.92 Å². The number of likely N-dealkylation sites (tertiary alicyclic amines) is 1. The summed E-state index contributed by atoms with van der Waals surface area (Å²) < 4.78 is 0. The van der Waals surface area contributed by atoms with E-state index < -0.39 is 0 Å². The molecule has 0 aliphatic carbocycles. The van der Waals surface area contributed by atoms with Crippen LogP contribution in [0.3, 0.4) is 0 Å². The Labute approximate surface area is 67.0 Å². The zero-order valence-corrected chi connectivity index (χ0v) is 7.08. The summed E-state index contributed by atoms with van der Waals surface area (Å²) in [4.78, 5) is 12.6. The smallest absolute Gasteiger partial charge is 0.219 e. The molecule has 1 amide bonds. The predicted octanol–water partition coefficient (Wildman–Crippen LogP) is 0.236. The number of amides is 1. The first kappa shape index (κ1) is 8.53. The van der Waals surface area contributed by atoms with Gasteiger partial charge in [0.05, 0.1) is 12.6 Å². The van der Waals surface area contributed by atoms with Crippen molar-refractivity contribution < 1.29 is 9.90 Å². The standard InChI is InChI=1S/C8H15NO2/c1-3-7-4-9(6(2)11)8(7)5-10/h7-8,10H,3-5H2,1-2H3/t7?,8-/m1/s1. The van der Waals surface area contributed by atoms with Gasteiger partial charge in [0.2, 0.25) is 5.91 Å². The van der Waals surface area contributed by atoms with Gasteiger partial charge in [-0.05, 0) is 12.3 Å². The molecule has 0 saturated carbocycles. The van der Waals surface area contributed by atoms with Crippen molar-refractivity contribution in [3.63, 3.8) is 0 Å². The first-order chi connectivity index (χ1) is 5.20. The highest BCUT2D eigenvalue weighted by atomic mass is 16.3. The molecule has 0 radical (unpaired) electrons. The minimum absolute atomic E-state index is 0.0775. The Balaban J connectivity index is 2.45. The molecule has 0 bridgehead atoms. The number of aliphatic hydroxyl groups excluding tert-OH is 1. The van der Waals surface area contributed by atoms with Crippen LogP contribution in [0.25, 0.3) is 0 Å². The Morgan fingerprint density at radius 3 is 2.73 bits per heavy atom. The van der Waals surface area contributed by atoms with Gasteiger partial charge in [-0.2, -0.15) is 0 Å². The Bertz CT molecular complexity index is 158. The van der Waals surface area contributed by atoms with E-state index in [1.165, 1.54) is 0 Å². The van der Waals surface area contributed by atoms with Crippen LogP contribution in [-0.4, -0.2) is 35.1 Å². The van der Waals surface area contributed by atoms with E-state index in [0.29, 0.717) is 5.92 Å². The SMILES string of the molecule is CCC1CN(C(C)=O)[C@@H]1CO. The van der Waals surface area contributed by atoms with E-state index in [1.807, 2.05) is 0 Å². The van der Waals surface area contributed by atoms with Gasteiger partial charge in [0.1, 0.15) is 0 Å². The number of carbonyl (C=O) groups excluding carboxylic acids is 1. The lowest BCUT2D eigenvalue weighted by Gasteiger charge is -2.46. The van der Waals surface area contributed by atoms with Crippen molar-refractivity contribution in [3.8, 4) is 0 Å². The lowest BCUT2D eigenvalue weighted by molar-refractivity contribution is -0.143. The molecule has 0 aromatic carbocycles. The molecule has 0 spiro atoms. The van der Waals surface area contributed by atoms with Crippen LogP contribution in [0.2, 0.25) is 0 Å². The molecule has 0 aromatic rings. The first-order valence-corrected chi connectivity index (χ1v) is 4.08. The molecular formula is C8H15NO2. The zero-order chi connectivity index (χ0) is 8.43. The fourth-order valence-electron chi connectivity index (χ4n) is 1.64. The second-order valence-electron chi connectivity index (χ2n) is 3.09. The van der Waals surface area contributed by atoms with Crippen LogP contribution >= 0.6 is 0 Å². The summed E-state index contributed by atoms with van der Waals surface area (Å²) in [5.41, 5.74) is 0. The van der Waals surface area contributed by atoms with E-state index in [1.54, 1.807) is 11.8 Å². The first-order valence-electron chi connectivity index (χ1n) is 4.08. The number of rotatable bonds is 2. The van der Waals surface area contributed by atoms with Crippen LogP contribution in [0.4, 0.5) is 0 Å². The summed E-state index contributed by atoms with van der Waals surface area (Å²) in [5, 5.41) is 8.91. The molecule has 1 aliphatic rings. The van der Waals surface area contributed by atoms with Crippen molar-refractivity contribution in [2.45, 2.75) is 26.3 Å². The van der Waals surface area contributed by atoms with Crippen LogP contribution < -0.4 is 0 Å². The Morgan fingerprint density at radius 1 is 1.73 bits per heavy atom. The molecule has 64 valence electrons. The maximum atomic E-state index is 10.9. The number of nitrogens with zero attached hydrogens (tertiary/aromatic N) is 1. The molecule has 3 nitrogen and oxygen atoms in total. The molecule has 1 fully saturated rings. The Hall–Kier alpha value is -0.570. The van der Waals surface area contributed by atoms with Gasteiger partial charge in [-0.25, -0.2) is 0 Å². The van der Waals surface area contributed by atoms with E-state index >= 15 is 0 Å². The van der Waals surface area contributed by atoms with Gasteiger partial charge < -0.3 is 10.0 Å². The number of hydrogen-bond acceptors (Lipinski definition) is 2. The monoisotopic (exact) mass is 157 g/mol. The molecule has 11 heavy (non-hydrogen) atoms. The van der Waals surface area contributed by atoms with E-state index in [2.05, 4.69) is 6.92 Å². The molecule has 1 saturated heterocycles. The van der Waals surface area contributed by atoms with E-state index in [9.17, 15) is 4.79 Å². The van der Waals surface area contributed by atoms with Crippen molar-refractivity contribution >= 4 is 5.91 Å². The summed E-state index contributed by atoms with van der Waals surface area (Å²) in [6.45, 7) is 4.58. The third-order valence-corrected chi connectivity index (χ3v) is 2.49. The summed E-state index contributed by atoms with van der Waals surface area (Å²) in [7, 11) is 0. The van der Waals surface area contributed by atoms with Crippen molar-refractivity contribution in [2.24, 2.45) is 5.92 Å². The summed E-state index contributed by atoms with van der Waals surface area (Å²) in [6.07, 6.45) is 1.05. The van der Waals surface area contributed by atoms with E-state index in [0.717, 1.165) is 13.0 Å². The summed E-state index contributed by atoms with van der Waals surface area (Å²) >= 11 is 0. The quantitative estimate of drug-likeness (QED) is 0.623. The van der Waals surface area contributed by atoms with Gasteiger partial charge in [-0.1, -0.05) is 6.92 Å². The van der Waals surface area contributed by atoms with Crippen LogP contribution in [-0.2, 0) is 4.79 Å². The van der Waals surface area contributed by atoms with Crippen LogP contribution in [0.5, 0.6) is 0 Å². The lowest BCUT2D eigenvalue weighted by atomic mass is 9.87. The minimum atomic E-state index is 0.0775. The van der Waals surface area contributed by atoms with Crippen LogP contribution in [0.1, 0.15) is 20.3 Å². The molecule has 2 atom stereocenters. The van der Waals surface area contributed by atoms with Crippen LogP contribution in [0.15, 0.2) is 0 Å². The number of aliphatic hydroxyl groups is 1. The zero-order valence-electron chi connectivity index (χ0n) is 7.08. The van der Waals surface area contributed by atoms with Gasteiger partial charge >= 0.3 is 0 Å². The average molecular weight is 157 g/mol. The fraction of sp³-hybridized carbons (Fsp3) is 0.875. The molecule has 1 unspecified atom stereocenters. The number of hydrogen-bond donors (Lipinski definition) is 1. The normalized spacial score (nSPS) is 29.9. The summed E-state index contributed by atoms with van der Waals surface area (Å²) in [5.74, 6) is 0.595. The van der Waals surface area contributed by atoms with Crippen molar-refractivity contribution in [2.75, 3.05) is 13.2 Å². The second kappa shape index (κ2) is 3.22. The maximum absolute atomic E-state index is 10.9. The minimum Gasteiger partial charge on any atom is -0.394 e. The average Bonchev–Trinajstić information content (AvgIpc) is 1.86. The molecule has 1 aliphatic heterocycles. The molecule has 1 rings (SSSR count). The van der Waals surface area contributed by atoms with E-state index in [4.69, 9.17) is 5.11 Å². The predicted molar refractivity (Wildman–Crippen MR) is 42.0 cm³/mol. The number of carbonyl (C=O) groups is 1. The van der Waals surface area contributed by atoms with Gasteiger partial charge in [0, 0.05) is 13.5 Å². The van der Waals surface area contributed by atoms with E-state index in [-0.39, 0.29) is 18.6 Å². The third-order valence-electron chi connectivity index (χ3n) is 2.49. The second-order valence-corrected chi connectivity index (χ2v) is 3.09. The molecule has 1 N–H and O–H groups in total. The third kappa shape index (κ3) is 1.38. The topological polar surface area (TPSA) is 40.5 Å². The largest absolute Gasteiger partial charge is 0.394 e. The van der Waals surface area contributed by atoms with Gasteiger partial charge in [0.15, 0.2) is 0 Å².